The maximum absolute atomic E-state index is 13.1. The highest BCUT2D eigenvalue weighted by molar-refractivity contribution is 6.00. The number of carbonyl (C=O) groups excluding carboxylic acids is 2. The number of nitrogens with zero attached hydrogens (tertiary/aromatic N) is 4. The molecule has 2 aromatic heterocycles. The molecule has 0 aliphatic carbocycles. The van der Waals surface area contributed by atoms with E-state index in [1.54, 1.807) is 50.6 Å². The minimum absolute atomic E-state index is 0.205. The molecule has 1 aliphatic heterocycles. The van der Waals surface area contributed by atoms with Crippen molar-refractivity contribution in [3.05, 3.63) is 77.4 Å². The molecule has 2 amide bonds. The van der Waals surface area contributed by atoms with E-state index in [1.807, 2.05) is 30.3 Å². The Bertz CT molecular complexity index is 1260. The highest BCUT2D eigenvalue weighted by atomic mass is 16.3. The van der Waals surface area contributed by atoms with Crippen molar-refractivity contribution < 1.29 is 14.7 Å². The fourth-order valence-corrected chi connectivity index (χ4v) is 3.81. The van der Waals surface area contributed by atoms with Crippen LogP contribution >= 0.6 is 0 Å². The average Bonchev–Trinajstić information content (AvgIpc) is 3.24. The molecule has 3 aromatic rings. The highest BCUT2D eigenvalue weighted by Gasteiger charge is 2.30. The largest absolute Gasteiger partial charge is 0.378 e. The van der Waals surface area contributed by atoms with E-state index in [4.69, 9.17) is 0 Å². The summed E-state index contributed by atoms with van der Waals surface area (Å²) in [5.41, 5.74) is 3.32. The Morgan fingerprint density at radius 3 is 2.74 bits per heavy atom. The Morgan fingerprint density at radius 2 is 2.00 bits per heavy atom. The summed E-state index contributed by atoms with van der Waals surface area (Å²) in [5, 5.41) is 16.8. The summed E-state index contributed by atoms with van der Waals surface area (Å²) < 4.78 is 1.23. The van der Waals surface area contributed by atoms with E-state index in [1.165, 1.54) is 4.68 Å². The molecule has 1 aliphatic rings. The zero-order valence-corrected chi connectivity index (χ0v) is 19.4. The van der Waals surface area contributed by atoms with Gasteiger partial charge in [0.05, 0.1) is 6.20 Å². The van der Waals surface area contributed by atoms with Gasteiger partial charge in [-0.15, -0.1) is 0 Å². The van der Waals surface area contributed by atoms with Crippen LogP contribution in [-0.2, 0) is 17.6 Å². The number of rotatable bonds is 3. The molecule has 174 valence electrons. The number of carbonyl (C=O) groups is 2. The molecule has 1 atom stereocenters. The summed E-state index contributed by atoms with van der Waals surface area (Å²) in [5.74, 6) is 5.54. The normalized spacial score (nSPS) is 15.7. The third kappa shape index (κ3) is 5.50. The Kier molecular flexibility index (Phi) is 6.48. The van der Waals surface area contributed by atoms with Crippen LogP contribution in [0.15, 0.2) is 55.1 Å². The first-order valence-electron chi connectivity index (χ1n) is 11.1. The third-order valence-corrected chi connectivity index (χ3v) is 5.59. The SMILES string of the molecule is CN1C(=O)C(NC(=O)n2cc(Cc3ccncc3)cn2)CCc2ccc(C#CC(C)(C)O)cc21. The van der Waals surface area contributed by atoms with Crippen molar-refractivity contribution >= 4 is 17.6 Å². The molecule has 3 heterocycles. The maximum Gasteiger partial charge on any atom is 0.342 e. The first-order chi connectivity index (χ1) is 16.2. The lowest BCUT2D eigenvalue weighted by Gasteiger charge is -2.22. The van der Waals surface area contributed by atoms with E-state index in [0.717, 1.165) is 22.4 Å². The van der Waals surface area contributed by atoms with Crippen molar-refractivity contribution in [1.29, 1.82) is 0 Å². The van der Waals surface area contributed by atoms with Crippen molar-refractivity contribution in [2.24, 2.45) is 0 Å². The molecule has 1 aromatic carbocycles. The van der Waals surface area contributed by atoms with Crippen LogP contribution in [0.1, 0.15) is 42.5 Å². The second-order valence-electron chi connectivity index (χ2n) is 8.92. The van der Waals surface area contributed by atoms with Crippen molar-refractivity contribution in [3.63, 3.8) is 0 Å². The third-order valence-electron chi connectivity index (χ3n) is 5.59. The maximum atomic E-state index is 13.1. The van der Waals surface area contributed by atoms with E-state index in [2.05, 4.69) is 27.2 Å². The molecule has 0 spiro atoms. The summed E-state index contributed by atoms with van der Waals surface area (Å²) in [4.78, 5) is 31.5. The van der Waals surface area contributed by atoms with Gasteiger partial charge in [0.15, 0.2) is 0 Å². The lowest BCUT2D eigenvalue weighted by molar-refractivity contribution is -0.120. The number of aliphatic hydroxyl groups is 1. The second-order valence-corrected chi connectivity index (χ2v) is 8.92. The molecule has 1 unspecified atom stereocenters. The predicted octanol–water partition coefficient (Wildman–Crippen LogP) is 2.53. The van der Waals surface area contributed by atoms with Crippen LogP contribution in [0.4, 0.5) is 10.5 Å². The number of likely N-dealkylation sites (N-methyl/N-ethyl adjacent to an activating group) is 1. The van der Waals surface area contributed by atoms with Crippen molar-refractivity contribution in [3.8, 4) is 11.8 Å². The number of anilines is 1. The summed E-state index contributed by atoms with van der Waals surface area (Å²) in [7, 11) is 1.69. The van der Waals surface area contributed by atoms with E-state index in [-0.39, 0.29) is 5.91 Å². The van der Waals surface area contributed by atoms with Gasteiger partial charge in [0.2, 0.25) is 5.91 Å². The van der Waals surface area contributed by atoms with Crippen LogP contribution in [0.25, 0.3) is 0 Å². The van der Waals surface area contributed by atoms with Gasteiger partial charge in [0.1, 0.15) is 11.6 Å². The molecule has 0 radical (unpaired) electrons. The average molecular weight is 458 g/mol. The fraction of sp³-hybridized carbons (Fsp3) is 0.308. The lowest BCUT2D eigenvalue weighted by Crippen LogP contribution is -2.48. The Morgan fingerprint density at radius 1 is 1.24 bits per heavy atom. The number of hydrogen-bond donors (Lipinski definition) is 2. The number of fused-ring (bicyclic) bond motifs is 1. The molecule has 0 fully saturated rings. The molecular weight excluding hydrogens is 430 g/mol. The van der Waals surface area contributed by atoms with Crippen molar-refractivity contribution in [2.75, 3.05) is 11.9 Å². The van der Waals surface area contributed by atoms with Crippen LogP contribution in [0.5, 0.6) is 0 Å². The van der Waals surface area contributed by atoms with Crippen molar-refractivity contribution in [1.82, 2.24) is 20.1 Å². The smallest absolute Gasteiger partial charge is 0.342 e. The van der Waals surface area contributed by atoms with Gasteiger partial charge in [-0.25, -0.2) is 4.79 Å². The number of nitrogens with one attached hydrogen (secondary N) is 1. The second kappa shape index (κ2) is 9.49. The topological polar surface area (TPSA) is 100 Å². The zero-order valence-electron chi connectivity index (χ0n) is 19.4. The van der Waals surface area contributed by atoms with E-state index >= 15 is 0 Å². The first-order valence-corrected chi connectivity index (χ1v) is 11.1. The molecule has 0 bridgehead atoms. The molecule has 2 N–H and O–H groups in total. The van der Waals surface area contributed by atoms with Crippen LogP contribution in [-0.4, -0.2) is 50.5 Å². The minimum Gasteiger partial charge on any atom is -0.378 e. The van der Waals surface area contributed by atoms with Crippen LogP contribution in [0, 0.1) is 11.8 Å². The number of pyridine rings is 1. The molecule has 0 saturated carbocycles. The Hall–Kier alpha value is -3.96. The number of benzene rings is 1. The van der Waals surface area contributed by atoms with Crippen LogP contribution in [0.3, 0.4) is 0 Å². The monoisotopic (exact) mass is 457 g/mol. The molecule has 4 rings (SSSR count). The van der Waals surface area contributed by atoms with Crippen molar-refractivity contribution in [2.45, 2.75) is 44.8 Å². The van der Waals surface area contributed by atoms with E-state index in [0.29, 0.717) is 24.8 Å². The predicted molar refractivity (Wildman–Crippen MR) is 128 cm³/mol. The Balaban J connectivity index is 1.46. The Labute approximate surface area is 198 Å². The number of aromatic nitrogens is 3. The molecule has 34 heavy (non-hydrogen) atoms. The van der Waals surface area contributed by atoms with Gasteiger partial charge in [-0.3, -0.25) is 9.78 Å². The van der Waals surface area contributed by atoms with Gasteiger partial charge in [0, 0.05) is 43.3 Å². The van der Waals surface area contributed by atoms with Gasteiger partial charge >= 0.3 is 6.03 Å². The lowest BCUT2D eigenvalue weighted by atomic mass is 10.0. The fourth-order valence-electron chi connectivity index (χ4n) is 3.81. The van der Waals surface area contributed by atoms with Gasteiger partial charge in [0.25, 0.3) is 0 Å². The van der Waals surface area contributed by atoms with Gasteiger partial charge in [-0.1, -0.05) is 17.9 Å². The standard InChI is InChI=1S/C26H27N5O3/c1-26(2,34)11-8-18-4-5-21-6-7-22(24(32)30(3)23(21)15-18)29-25(33)31-17-20(16-28-31)14-19-9-12-27-13-10-19/h4-5,9-10,12-13,15-17,22,34H,6-7,14H2,1-3H3,(H,29,33). The molecule has 0 saturated heterocycles. The first kappa shape index (κ1) is 23.2. The van der Waals surface area contributed by atoms with Gasteiger partial charge in [-0.05, 0) is 67.6 Å². The van der Waals surface area contributed by atoms with Crippen LogP contribution < -0.4 is 10.2 Å². The van der Waals surface area contributed by atoms with Gasteiger partial charge in [-0.2, -0.15) is 9.78 Å². The molecule has 8 nitrogen and oxygen atoms in total. The van der Waals surface area contributed by atoms with E-state index < -0.39 is 17.7 Å². The highest BCUT2D eigenvalue weighted by Crippen LogP contribution is 2.27. The summed E-state index contributed by atoms with van der Waals surface area (Å²) in [6, 6.07) is 8.36. The number of aryl methyl sites for hydroxylation is 1. The quantitative estimate of drug-likeness (QED) is 0.589. The number of amides is 2. The molecular formula is C26H27N5O3. The zero-order chi connectivity index (χ0) is 24.3. The van der Waals surface area contributed by atoms with Crippen LogP contribution in [0.2, 0.25) is 0 Å². The summed E-state index contributed by atoms with van der Waals surface area (Å²) in [6.07, 6.45) is 8.50. The van der Waals surface area contributed by atoms with E-state index in [9.17, 15) is 14.7 Å². The summed E-state index contributed by atoms with van der Waals surface area (Å²) in [6.45, 7) is 3.24. The minimum atomic E-state index is -1.10. The molecule has 8 heteroatoms. The summed E-state index contributed by atoms with van der Waals surface area (Å²) >= 11 is 0. The number of hydrogen-bond acceptors (Lipinski definition) is 5. The van der Waals surface area contributed by atoms with Gasteiger partial charge < -0.3 is 15.3 Å².